The van der Waals surface area contributed by atoms with Gasteiger partial charge in [-0.05, 0) is 41.0 Å². The lowest BCUT2D eigenvalue weighted by Gasteiger charge is -2.15. The van der Waals surface area contributed by atoms with E-state index in [-0.39, 0.29) is 5.56 Å². The van der Waals surface area contributed by atoms with Crippen molar-refractivity contribution in [2.45, 2.75) is 16.7 Å². The molecule has 1 aromatic heterocycles. The molecular weight excluding hydrogens is 700 g/mol. The van der Waals surface area contributed by atoms with Crippen LogP contribution < -0.4 is 5.56 Å². The van der Waals surface area contributed by atoms with Gasteiger partial charge in [-0.25, -0.2) is 9.98 Å². The molecule has 0 saturated heterocycles. The fourth-order valence-electron chi connectivity index (χ4n) is 3.97. The smallest absolute Gasteiger partial charge is 0.271 e. The molecule has 1 atom stereocenters. The Balaban J connectivity index is 1.25. The molecule has 4 aromatic rings. The van der Waals surface area contributed by atoms with Gasteiger partial charge in [0.05, 0.1) is 17.5 Å². The lowest BCUT2D eigenvalue weighted by atomic mass is 9.96. The first-order valence-corrected chi connectivity index (χ1v) is 15.9. The highest BCUT2D eigenvalue weighted by Crippen LogP contribution is 2.27. The molecule has 0 aliphatic carbocycles. The standard InChI is InChI=1S/C30H18Br2N6O2S2/c31-21-9-5-19(6-10-21)25-23(13-33)27(39)37-29(35-25)41-15-17-1-2-18(4-3-17)16-42-30-36-26(24(14-34)28(40)38-30)20-7-11-22(32)12-8-20/h1-12,23H,15-16H2,(H,36,38,40). The average molecular weight is 718 g/mol. The molecule has 206 valence electrons. The van der Waals surface area contributed by atoms with Crippen LogP contribution >= 0.6 is 55.4 Å². The summed E-state index contributed by atoms with van der Waals surface area (Å²) >= 11 is 9.48. The van der Waals surface area contributed by atoms with Crippen LogP contribution in [0.2, 0.25) is 0 Å². The van der Waals surface area contributed by atoms with Crippen LogP contribution in [0.4, 0.5) is 0 Å². The summed E-state index contributed by atoms with van der Waals surface area (Å²) < 4.78 is 1.77. The number of rotatable bonds is 7. The number of hydrogen-bond donors (Lipinski definition) is 1. The van der Waals surface area contributed by atoms with Gasteiger partial charge in [0.15, 0.2) is 16.2 Å². The Morgan fingerprint density at radius 2 is 1.36 bits per heavy atom. The predicted molar refractivity (Wildman–Crippen MR) is 172 cm³/mol. The van der Waals surface area contributed by atoms with Crippen molar-refractivity contribution >= 4 is 72.2 Å². The van der Waals surface area contributed by atoms with Crippen LogP contribution in [0.1, 0.15) is 22.3 Å². The Hall–Kier alpha value is -3.81. The number of aliphatic imine (C=N–C) groups is 2. The van der Waals surface area contributed by atoms with Gasteiger partial charge in [0.1, 0.15) is 11.6 Å². The zero-order valence-corrected chi connectivity index (χ0v) is 26.3. The van der Waals surface area contributed by atoms with E-state index in [0.717, 1.165) is 20.1 Å². The van der Waals surface area contributed by atoms with E-state index in [1.807, 2.05) is 72.8 Å². The number of nitrogens with one attached hydrogen (secondary N) is 1. The molecule has 5 rings (SSSR count). The van der Waals surface area contributed by atoms with Crippen LogP contribution in [0.3, 0.4) is 0 Å². The number of carbonyl (C=O) groups is 1. The monoisotopic (exact) mass is 716 g/mol. The summed E-state index contributed by atoms with van der Waals surface area (Å²) in [6, 6.07) is 26.5. The zero-order chi connectivity index (χ0) is 29.6. The molecule has 1 amide bonds. The average Bonchev–Trinajstić information content (AvgIpc) is 2.99. The van der Waals surface area contributed by atoms with E-state index in [9.17, 15) is 20.1 Å². The summed E-state index contributed by atoms with van der Waals surface area (Å²) in [4.78, 5) is 40.9. The van der Waals surface area contributed by atoms with Crippen molar-refractivity contribution in [3.8, 4) is 23.4 Å². The second-order valence-electron chi connectivity index (χ2n) is 8.91. The molecule has 0 spiro atoms. The fourth-order valence-corrected chi connectivity index (χ4v) is 6.12. The molecule has 1 N–H and O–H groups in total. The maximum Gasteiger partial charge on any atom is 0.271 e. The molecule has 42 heavy (non-hydrogen) atoms. The van der Waals surface area contributed by atoms with Crippen molar-refractivity contribution in [2.75, 3.05) is 0 Å². The lowest BCUT2D eigenvalue weighted by Crippen LogP contribution is -2.27. The SMILES string of the molecule is N#Cc1c(-c2ccc(Br)cc2)nc(SCc2ccc(CSC3=NC(=O)C(C#N)C(c4ccc(Br)cc4)=N3)cc2)[nH]c1=O. The minimum atomic E-state index is -1.03. The molecule has 0 radical (unpaired) electrons. The molecule has 1 aliphatic rings. The largest absolute Gasteiger partial charge is 0.300 e. The van der Waals surface area contributed by atoms with Crippen molar-refractivity contribution in [3.05, 3.63) is 114 Å². The highest BCUT2D eigenvalue weighted by Gasteiger charge is 2.30. The molecule has 0 bridgehead atoms. The number of thioether (sulfide) groups is 2. The van der Waals surface area contributed by atoms with E-state index in [2.05, 4.69) is 51.8 Å². The van der Waals surface area contributed by atoms with Crippen LogP contribution in [-0.2, 0) is 16.3 Å². The Morgan fingerprint density at radius 3 is 1.93 bits per heavy atom. The van der Waals surface area contributed by atoms with Gasteiger partial charge in [0.2, 0.25) is 0 Å². The van der Waals surface area contributed by atoms with Crippen molar-refractivity contribution in [3.63, 3.8) is 0 Å². The minimum Gasteiger partial charge on any atom is -0.300 e. The van der Waals surface area contributed by atoms with Crippen LogP contribution in [0.25, 0.3) is 11.3 Å². The minimum absolute atomic E-state index is 0.0239. The molecule has 12 heteroatoms. The van der Waals surface area contributed by atoms with Crippen molar-refractivity contribution in [1.29, 1.82) is 10.5 Å². The summed E-state index contributed by atoms with van der Waals surface area (Å²) in [6.45, 7) is 0. The van der Waals surface area contributed by atoms with Crippen LogP contribution in [-0.4, -0.2) is 26.8 Å². The van der Waals surface area contributed by atoms with Gasteiger partial charge in [-0.2, -0.15) is 15.5 Å². The number of halogens is 2. The number of hydrogen-bond acceptors (Lipinski definition) is 8. The van der Waals surface area contributed by atoms with Crippen molar-refractivity contribution in [1.82, 2.24) is 9.97 Å². The third kappa shape index (κ3) is 6.97. The second-order valence-corrected chi connectivity index (χ2v) is 12.6. The Bertz CT molecular complexity index is 1860. The van der Waals surface area contributed by atoms with Gasteiger partial charge < -0.3 is 4.98 Å². The maximum atomic E-state index is 12.6. The summed E-state index contributed by atoms with van der Waals surface area (Å²) in [5, 5.41) is 19.8. The summed E-state index contributed by atoms with van der Waals surface area (Å²) in [5.74, 6) is -0.453. The molecule has 8 nitrogen and oxygen atoms in total. The van der Waals surface area contributed by atoms with Gasteiger partial charge in [0, 0.05) is 26.0 Å². The topological polar surface area (TPSA) is 135 Å². The Labute approximate surface area is 266 Å². The summed E-state index contributed by atoms with van der Waals surface area (Å²) in [5.41, 5.74) is 3.66. The van der Waals surface area contributed by atoms with Gasteiger partial charge in [-0.3, -0.25) is 9.59 Å². The van der Waals surface area contributed by atoms with Gasteiger partial charge in [-0.1, -0.05) is 104 Å². The number of amides is 1. The summed E-state index contributed by atoms with van der Waals surface area (Å²) in [7, 11) is 0. The van der Waals surface area contributed by atoms with E-state index in [0.29, 0.717) is 44.4 Å². The Kier molecular flexibility index (Phi) is 9.50. The number of aromatic nitrogens is 2. The predicted octanol–water partition coefficient (Wildman–Crippen LogP) is 6.88. The summed E-state index contributed by atoms with van der Waals surface area (Å²) in [6.07, 6.45) is 0. The molecular formula is C30H18Br2N6O2S2. The first-order chi connectivity index (χ1) is 20.3. The highest BCUT2D eigenvalue weighted by molar-refractivity contribution is 9.10. The van der Waals surface area contributed by atoms with Crippen LogP contribution in [0.5, 0.6) is 0 Å². The number of H-pyrrole nitrogens is 1. The van der Waals surface area contributed by atoms with Gasteiger partial charge in [0.25, 0.3) is 11.5 Å². The van der Waals surface area contributed by atoms with E-state index in [1.165, 1.54) is 23.5 Å². The number of benzene rings is 3. The number of aromatic amines is 1. The highest BCUT2D eigenvalue weighted by atomic mass is 79.9. The first-order valence-electron chi connectivity index (χ1n) is 12.3. The van der Waals surface area contributed by atoms with Crippen molar-refractivity contribution < 1.29 is 4.79 Å². The number of carbonyl (C=O) groups excluding carboxylic acids is 1. The third-order valence-electron chi connectivity index (χ3n) is 6.11. The Morgan fingerprint density at radius 1 is 0.786 bits per heavy atom. The first kappa shape index (κ1) is 29.7. The maximum absolute atomic E-state index is 12.6. The molecule has 2 heterocycles. The number of amidine groups is 1. The third-order valence-corrected chi connectivity index (χ3v) is 9.03. The van der Waals surface area contributed by atoms with Crippen LogP contribution in [0, 0.1) is 28.6 Å². The van der Waals surface area contributed by atoms with E-state index >= 15 is 0 Å². The van der Waals surface area contributed by atoms with Crippen LogP contribution in [0.15, 0.2) is 102 Å². The molecule has 0 saturated carbocycles. The van der Waals surface area contributed by atoms with Gasteiger partial charge >= 0.3 is 0 Å². The van der Waals surface area contributed by atoms with E-state index in [4.69, 9.17) is 0 Å². The number of nitrogens with zero attached hydrogens (tertiary/aromatic N) is 5. The normalized spacial score (nSPS) is 14.5. The molecule has 1 unspecified atom stereocenters. The molecule has 1 aliphatic heterocycles. The van der Waals surface area contributed by atoms with Crippen molar-refractivity contribution in [2.24, 2.45) is 15.9 Å². The lowest BCUT2D eigenvalue weighted by molar-refractivity contribution is -0.118. The quantitative estimate of drug-likeness (QED) is 0.163. The molecule has 3 aromatic carbocycles. The fraction of sp³-hybridized carbons (Fsp3) is 0.100. The van der Waals surface area contributed by atoms with E-state index < -0.39 is 17.4 Å². The second kappa shape index (κ2) is 13.4. The number of nitriles is 2. The molecule has 0 fully saturated rings. The van der Waals surface area contributed by atoms with E-state index in [1.54, 1.807) is 12.1 Å². The zero-order valence-electron chi connectivity index (χ0n) is 21.5. The van der Waals surface area contributed by atoms with Gasteiger partial charge in [-0.15, -0.1) is 0 Å².